The summed E-state index contributed by atoms with van der Waals surface area (Å²) < 4.78 is 10.7. The van der Waals surface area contributed by atoms with Crippen LogP contribution in [0.1, 0.15) is 27.5 Å². The Hall–Kier alpha value is -2.37. The number of nitrogens with one attached hydrogen (secondary N) is 1. The summed E-state index contributed by atoms with van der Waals surface area (Å²) in [6.07, 6.45) is 0. The van der Waals surface area contributed by atoms with Gasteiger partial charge in [0.2, 0.25) is 0 Å². The van der Waals surface area contributed by atoms with Crippen molar-refractivity contribution in [3.05, 3.63) is 65.2 Å². The normalized spacial score (nSPS) is 16.1. The topological polar surface area (TPSA) is 50.8 Å². The molecule has 0 bridgehead atoms. The van der Waals surface area contributed by atoms with Crippen molar-refractivity contribution >= 4 is 5.91 Å². The quantitative estimate of drug-likeness (QED) is 0.867. The number of aryl methyl sites for hydroxylation is 1. The third kappa shape index (κ3) is 4.62. The summed E-state index contributed by atoms with van der Waals surface area (Å²) in [6, 6.07) is 15.8. The van der Waals surface area contributed by atoms with Crippen LogP contribution < -0.4 is 10.1 Å². The Kier molecular flexibility index (Phi) is 6.26. The van der Waals surface area contributed by atoms with Crippen LogP contribution in [0.15, 0.2) is 48.5 Å². The minimum absolute atomic E-state index is 0.0412. The van der Waals surface area contributed by atoms with Crippen LogP contribution in [0.4, 0.5) is 0 Å². The van der Waals surface area contributed by atoms with Gasteiger partial charge in [-0.15, -0.1) is 0 Å². The van der Waals surface area contributed by atoms with E-state index in [1.807, 2.05) is 43.3 Å². The van der Waals surface area contributed by atoms with Gasteiger partial charge in [0.15, 0.2) is 0 Å². The van der Waals surface area contributed by atoms with Crippen LogP contribution in [0.5, 0.6) is 5.75 Å². The van der Waals surface area contributed by atoms with Crippen LogP contribution >= 0.6 is 0 Å². The molecule has 1 saturated heterocycles. The van der Waals surface area contributed by atoms with Crippen molar-refractivity contribution in [1.29, 1.82) is 0 Å². The first-order chi connectivity index (χ1) is 12.7. The zero-order chi connectivity index (χ0) is 18.4. The molecule has 1 aliphatic rings. The first kappa shape index (κ1) is 18.4. The number of morpholine rings is 1. The van der Waals surface area contributed by atoms with E-state index < -0.39 is 0 Å². The molecule has 26 heavy (non-hydrogen) atoms. The maximum atomic E-state index is 12.5. The zero-order valence-corrected chi connectivity index (χ0v) is 15.4. The smallest absolute Gasteiger partial charge is 0.251 e. The highest BCUT2D eigenvalue weighted by molar-refractivity contribution is 5.94. The summed E-state index contributed by atoms with van der Waals surface area (Å²) in [5.74, 6) is 0.791. The van der Waals surface area contributed by atoms with E-state index in [1.54, 1.807) is 7.11 Å². The molecule has 2 aromatic carbocycles. The van der Waals surface area contributed by atoms with Gasteiger partial charge in [-0.3, -0.25) is 9.69 Å². The average molecular weight is 354 g/mol. The van der Waals surface area contributed by atoms with Crippen LogP contribution in [-0.4, -0.2) is 50.8 Å². The van der Waals surface area contributed by atoms with Gasteiger partial charge in [0.25, 0.3) is 5.91 Å². The number of hydrogen-bond donors (Lipinski definition) is 1. The second-order valence-electron chi connectivity index (χ2n) is 6.52. The van der Waals surface area contributed by atoms with Crippen LogP contribution in [0.2, 0.25) is 0 Å². The van der Waals surface area contributed by atoms with E-state index in [0.717, 1.165) is 43.2 Å². The molecule has 0 radical (unpaired) electrons. The molecule has 1 unspecified atom stereocenters. The van der Waals surface area contributed by atoms with Gasteiger partial charge in [-0.05, 0) is 36.8 Å². The molecule has 5 nitrogen and oxygen atoms in total. The van der Waals surface area contributed by atoms with E-state index in [2.05, 4.69) is 22.3 Å². The van der Waals surface area contributed by atoms with Crippen molar-refractivity contribution in [3.63, 3.8) is 0 Å². The summed E-state index contributed by atoms with van der Waals surface area (Å²) in [6.45, 7) is 5.70. The maximum Gasteiger partial charge on any atom is 0.251 e. The molecule has 2 aromatic rings. The minimum atomic E-state index is -0.0412. The Morgan fingerprint density at radius 1 is 1.19 bits per heavy atom. The molecule has 1 heterocycles. The molecule has 1 fully saturated rings. The van der Waals surface area contributed by atoms with Crippen LogP contribution in [-0.2, 0) is 4.74 Å². The molecule has 1 amide bonds. The second kappa shape index (κ2) is 8.83. The second-order valence-corrected chi connectivity index (χ2v) is 6.52. The van der Waals surface area contributed by atoms with Gasteiger partial charge in [-0.25, -0.2) is 0 Å². The van der Waals surface area contributed by atoms with Crippen LogP contribution in [0, 0.1) is 6.92 Å². The van der Waals surface area contributed by atoms with E-state index in [0.29, 0.717) is 12.1 Å². The third-order valence-electron chi connectivity index (χ3n) is 4.72. The molecule has 0 aromatic heterocycles. The summed E-state index contributed by atoms with van der Waals surface area (Å²) in [7, 11) is 1.66. The average Bonchev–Trinajstić information content (AvgIpc) is 2.69. The molecule has 0 aliphatic carbocycles. The predicted molar refractivity (Wildman–Crippen MR) is 102 cm³/mol. The van der Waals surface area contributed by atoms with Gasteiger partial charge in [0, 0.05) is 25.2 Å². The highest BCUT2D eigenvalue weighted by Crippen LogP contribution is 2.23. The van der Waals surface area contributed by atoms with Crippen molar-refractivity contribution in [2.24, 2.45) is 0 Å². The number of methoxy groups -OCH3 is 1. The number of carbonyl (C=O) groups excluding carboxylic acids is 1. The number of rotatable bonds is 6. The maximum absolute atomic E-state index is 12.5. The number of hydrogen-bond acceptors (Lipinski definition) is 4. The summed E-state index contributed by atoms with van der Waals surface area (Å²) in [5, 5.41) is 3.10. The van der Waals surface area contributed by atoms with Crippen molar-refractivity contribution in [2.75, 3.05) is 40.0 Å². The molecule has 0 saturated carbocycles. The Morgan fingerprint density at radius 3 is 2.58 bits per heavy atom. The molecule has 3 rings (SSSR count). The van der Waals surface area contributed by atoms with Gasteiger partial charge in [-0.2, -0.15) is 0 Å². The minimum Gasteiger partial charge on any atom is -0.497 e. The van der Waals surface area contributed by atoms with E-state index in [4.69, 9.17) is 9.47 Å². The lowest BCUT2D eigenvalue weighted by Gasteiger charge is -2.35. The van der Waals surface area contributed by atoms with Crippen molar-refractivity contribution in [1.82, 2.24) is 10.2 Å². The molecular weight excluding hydrogens is 328 g/mol. The zero-order valence-electron chi connectivity index (χ0n) is 15.4. The lowest BCUT2D eigenvalue weighted by molar-refractivity contribution is 0.0162. The van der Waals surface area contributed by atoms with E-state index in [-0.39, 0.29) is 11.9 Å². The Bertz CT molecular complexity index is 724. The predicted octanol–water partition coefficient (Wildman–Crippen LogP) is 2.81. The van der Waals surface area contributed by atoms with E-state index in [1.165, 1.54) is 0 Å². The standard InChI is InChI=1S/C21H26N2O3/c1-16-4-3-5-18(14-16)21(24)22-15-20(23-10-12-26-13-11-23)17-6-8-19(25-2)9-7-17/h3-9,14,20H,10-13,15H2,1-2H3,(H,22,24). The monoisotopic (exact) mass is 354 g/mol. The fourth-order valence-corrected chi connectivity index (χ4v) is 3.25. The third-order valence-corrected chi connectivity index (χ3v) is 4.72. The number of benzene rings is 2. The van der Waals surface area contributed by atoms with Crippen molar-refractivity contribution in [2.45, 2.75) is 13.0 Å². The molecular formula is C21H26N2O3. The fourth-order valence-electron chi connectivity index (χ4n) is 3.25. The Balaban J connectivity index is 1.73. The summed E-state index contributed by atoms with van der Waals surface area (Å²) >= 11 is 0. The molecule has 138 valence electrons. The lowest BCUT2D eigenvalue weighted by Crippen LogP contribution is -2.43. The largest absolute Gasteiger partial charge is 0.497 e. The SMILES string of the molecule is COc1ccc(C(CNC(=O)c2cccc(C)c2)N2CCOCC2)cc1. The van der Waals surface area contributed by atoms with Crippen molar-refractivity contribution in [3.8, 4) is 5.75 Å². The van der Waals surface area contributed by atoms with Gasteiger partial charge >= 0.3 is 0 Å². The van der Waals surface area contributed by atoms with E-state index >= 15 is 0 Å². The van der Waals surface area contributed by atoms with Gasteiger partial charge in [0.1, 0.15) is 5.75 Å². The summed E-state index contributed by atoms with van der Waals surface area (Å²) in [4.78, 5) is 14.9. The molecule has 1 atom stereocenters. The first-order valence-electron chi connectivity index (χ1n) is 8.98. The summed E-state index contributed by atoms with van der Waals surface area (Å²) in [5.41, 5.74) is 2.94. The van der Waals surface area contributed by atoms with Crippen LogP contribution in [0.3, 0.4) is 0 Å². The first-order valence-corrected chi connectivity index (χ1v) is 8.98. The van der Waals surface area contributed by atoms with Gasteiger partial charge in [0.05, 0.1) is 26.4 Å². The Morgan fingerprint density at radius 2 is 1.92 bits per heavy atom. The molecule has 1 aliphatic heterocycles. The highest BCUT2D eigenvalue weighted by Gasteiger charge is 2.23. The number of nitrogens with zero attached hydrogens (tertiary/aromatic N) is 1. The number of carbonyl (C=O) groups is 1. The van der Waals surface area contributed by atoms with Crippen LogP contribution in [0.25, 0.3) is 0 Å². The Labute approximate surface area is 154 Å². The molecule has 1 N–H and O–H groups in total. The molecule has 5 heteroatoms. The van der Waals surface area contributed by atoms with Crippen molar-refractivity contribution < 1.29 is 14.3 Å². The molecule has 0 spiro atoms. The highest BCUT2D eigenvalue weighted by atomic mass is 16.5. The number of amides is 1. The lowest BCUT2D eigenvalue weighted by atomic mass is 10.0. The van der Waals surface area contributed by atoms with E-state index in [9.17, 15) is 4.79 Å². The fraction of sp³-hybridized carbons (Fsp3) is 0.381. The van der Waals surface area contributed by atoms with Gasteiger partial charge in [-0.1, -0.05) is 29.8 Å². The van der Waals surface area contributed by atoms with Gasteiger partial charge < -0.3 is 14.8 Å². The number of ether oxygens (including phenoxy) is 2.